The maximum absolute atomic E-state index is 13.4. The number of benzene rings is 1. The number of pyridine rings is 1. The Labute approximate surface area is 204 Å². The first-order valence-corrected chi connectivity index (χ1v) is 11.3. The number of ether oxygens (including phenoxy) is 2. The fourth-order valence-corrected chi connectivity index (χ4v) is 3.76. The van der Waals surface area contributed by atoms with Crippen LogP contribution < -0.4 is 4.74 Å². The summed E-state index contributed by atoms with van der Waals surface area (Å²) in [5.74, 6) is 4.68. The second-order valence-corrected chi connectivity index (χ2v) is 8.63. The van der Waals surface area contributed by atoms with Crippen LogP contribution in [0.4, 0.5) is 4.39 Å². The minimum atomic E-state index is -0.498. The van der Waals surface area contributed by atoms with Gasteiger partial charge in [0.05, 0.1) is 19.2 Å². The number of likely N-dealkylation sites (N-methyl/N-ethyl adjacent to an activating group) is 1. The number of carbonyl (C=O) groups excluding carboxylic acids is 2. The molecule has 0 saturated carbocycles. The Kier molecular flexibility index (Phi) is 8.79. The molecule has 2 amide bonds. The number of methoxy groups -OCH3 is 1. The van der Waals surface area contributed by atoms with Gasteiger partial charge >= 0.3 is 0 Å². The number of halogens is 1. The molecule has 0 aliphatic carbocycles. The normalized spacial score (nSPS) is 18.3. The van der Waals surface area contributed by atoms with Crippen LogP contribution in [0.25, 0.3) is 0 Å². The zero-order valence-electron chi connectivity index (χ0n) is 20.3. The first-order valence-electron chi connectivity index (χ1n) is 11.3. The molecular weight excluding hydrogens is 453 g/mol. The summed E-state index contributed by atoms with van der Waals surface area (Å²) in [5, 5.41) is 9.77. The summed E-state index contributed by atoms with van der Waals surface area (Å²) < 4.78 is 24.4. The van der Waals surface area contributed by atoms with E-state index >= 15 is 0 Å². The largest absolute Gasteiger partial charge is 0.472 e. The standard InChI is InChI=1S/C26H30FN3O5/c1-17-14-30(18(2)16-31)26(33)22-12-19(6-5-11-34-4)13-28-24(22)35-23(17)15-29(3)25(32)20-7-9-21(27)10-8-20/h7-10,12-13,17-18,23,31H,11,14-16H2,1-4H3/t17-,18-,23+/m1/s1. The molecule has 1 N–H and O–H groups in total. The first kappa shape index (κ1) is 26.1. The molecule has 3 atom stereocenters. The third kappa shape index (κ3) is 6.35. The van der Waals surface area contributed by atoms with E-state index in [4.69, 9.17) is 9.47 Å². The van der Waals surface area contributed by atoms with E-state index in [2.05, 4.69) is 16.8 Å². The minimum Gasteiger partial charge on any atom is -0.472 e. The number of fused-ring (bicyclic) bond motifs is 1. The number of amides is 2. The van der Waals surface area contributed by atoms with E-state index < -0.39 is 18.0 Å². The third-order valence-corrected chi connectivity index (χ3v) is 5.86. The summed E-state index contributed by atoms with van der Waals surface area (Å²) in [6.45, 7) is 4.24. The Morgan fingerprint density at radius 2 is 2.11 bits per heavy atom. The van der Waals surface area contributed by atoms with Crippen molar-refractivity contribution >= 4 is 11.8 Å². The van der Waals surface area contributed by atoms with Crippen LogP contribution >= 0.6 is 0 Å². The van der Waals surface area contributed by atoms with Crippen molar-refractivity contribution in [3.05, 3.63) is 59.0 Å². The lowest BCUT2D eigenvalue weighted by atomic mass is 9.99. The molecule has 0 bridgehead atoms. The molecule has 9 heteroatoms. The number of hydrogen-bond acceptors (Lipinski definition) is 6. The summed E-state index contributed by atoms with van der Waals surface area (Å²) in [5.41, 5.74) is 1.12. The molecule has 1 aromatic carbocycles. The average molecular weight is 484 g/mol. The number of aromatic nitrogens is 1. The SMILES string of the molecule is COCC#Cc1cnc2c(c1)C(=O)N([C@H](C)CO)C[C@@H](C)[C@H](CN(C)C(=O)c1ccc(F)cc1)O2. The quantitative estimate of drug-likeness (QED) is 0.634. The van der Waals surface area contributed by atoms with Crippen LogP contribution in [0, 0.1) is 23.6 Å². The fraction of sp³-hybridized carbons (Fsp3) is 0.423. The predicted molar refractivity (Wildman–Crippen MR) is 128 cm³/mol. The van der Waals surface area contributed by atoms with Gasteiger partial charge in [0.2, 0.25) is 5.88 Å². The van der Waals surface area contributed by atoms with E-state index in [-0.39, 0.29) is 48.9 Å². The number of hydrogen-bond donors (Lipinski definition) is 1. The van der Waals surface area contributed by atoms with Gasteiger partial charge in [-0.2, -0.15) is 0 Å². The highest BCUT2D eigenvalue weighted by Gasteiger charge is 2.34. The fourth-order valence-electron chi connectivity index (χ4n) is 3.76. The summed E-state index contributed by atoms with van der Waals surface area (Å²) in [6.07, 6.45) is 1.02. The molecule has 2 heterocycles. The third-order valence-electron chi connectivity index (χ3n) is 5.86. The van der Waals surface area contributed by atoms with Gasteiger partial charge in [0.15, 0.2) is 0 Å². The lowest BCUT2D eigenvalue weighted by molar-refractivity contribution is 0.0313. The number of carbonyl (C=O) groups is 2. The van der Waals surface area contributed by atoms with Crippen LogP contribution in [0.1, 0.15) is 40.1 Å². The molecule has 1 aliphatic rings. The summed E-state index contributed by atoms with van der Waals surface area (Å²) in [4.78, 5) is 33.7. The summed E-state index contributed by atoms with van der Waals surface area (Å²) >= 11 is 0. The van der Waals surface area contributed by atoms with E-state index in [1.807, 2.05) is 6.92 Å². The minimum absolute atomic E-state index is 0.140. The Balaban J connectivity index is 1.92. The van der Waals surface area contributed by atoms with Crippen LogP contribution in [0.5, 0.6) is 5.88 Å². The monoisotopic (exact) mass is 483 g/mol. The molecule has 35 heavy (non-hydrogen) atoms. The highest BCUT2D eigenvalue weighted by molar-refractivity contribution is 5.97. The van der Waals surface area contributed by atoms with E-state index in [0.717, 1.165) is 0 Å². The van der Waals surface area contributed by atoms with Gasteiger partial charge in [0, 0.05) is 43.9 Å². The van der Waals surface area contributed by atoms with E-state index in [1.54, 1.807) is 24.9 Å². The maximum Gasteiger partial charge on any atom is 0.259 e. The Bertz CT molecular complexity index is 1110. The van der Waals surface area contributed by atoms with Gasteiger partial charge in [0.1, 0.15) is 24.1 Å². The second-order valence-electron chi connectivity index (χ2n) is 8.63. The van der Waals surface area contributed by atoms with Crippen LogP contribution in [0.2, 0.25) is 0 Å². The van der Waals surface area contributed by atoms with Gasteiger partial charge in [0.25, 0.3) is 11.8 Å². The smallest absolute Gasteiger partial charge is 0.259 e. The lowest BCUT2D eigenvalue weighted by Crippen LogP contribution is -2.50. The summed E-state index contributed by atoms with van der Waals surface area (Å²) in [7, 11) is 3.18. The first-order chi connectivity index (χ1) is 16.7. The molecule has 0 fully saturated rings. The van der Waals surface area contributed by atoms with Gasteiger partial charge in [-0.3, -0.25) is 9.59 Å². The Morgan fingerprint density at radius 1 is 1.40 bits per heavy atom. The highest BCUT2D eigenvalue weighted by atomic mass is 19.1. The molecule has 1 aliphatic heterocycles. The van der Waals surface area contributed by atoms with Crippen LogP contribution in [-0.2, 0) is 4.74 Å². The topological polar surface area (TPSA) is 92.2 Å². The molecule has 1 aromatic heterocycles. The van der Waals surface area contributed by atoms with Crippen LogP contribution in [-0.4, -0.2) is 84.3 Å². The molecule has 186 valence electrons. The second kappa shape index (κ2) is 11.8. The van der Waals surface area contributed by atoms with E-state index in [1.165, 1.54) is 42.5 Å². The predicted octanol–water partition coefficient (Wildman–Crippen LogP) is 2.21. The summed E-state index contributed by atoms with van der Waals surface area (Å²) in [6, 6.07) is 6.53. The van der Waals surface area contributed by atoms with Crippen molar-refractivity contribution in [2.24, 2.45) is 5.92 Å². The van der Waals surface area contributed by atoms with Crippen molar-refractivity contribution in [3.8, 4) is 17.7 Å². The molecule has 8 nitrogen and oxygen atoms in total. The van der Waals surface area contributed by atoms with Crippen molar-refractivity contribution < 1.29 is 28.6 Å². The molecule has 0 unspecified atom stereocenters. The molecule has 0 radical (unpaired) electrons. The van der Waals surface area contributed by atoms with Gasteiger partial charge < -0.3 is 24.4 Å². The molecule has 2 aromatic rings. The van der Waals surface area contributed by atoms with Gasteiger partial charge in [-0.15, -0.1) is 0 Å². The Hall–Kier alpha value is -3.48. The van der Waals surface area contributed by atoms with E-state index in [0.29, 0.717) is 17.7 Å². The van der Waals surface area contributed by atoms with Crippen LogP contribution in [0.3, 0.4) is 0 Å². The van der Waals surface area contributed by atoms with Crippen molar-refractivity contribution in [2.45, 2.75) is 26.0 Å². The van der Waals surface area contributed by atoms with Gasteiger partial charge in [-0.1, -0.05) is 18.8 Å². The van der Waals surface area contributed by atoms with Gasteiger partial charge in [-0.05, 0) is 37.3 Å². The van der Waals surface area contributed by atoms with Crippen molar-refractivity contribution in [1.82, 2.24) is 14.8 Å². The maximum atomic E-state index is 13.4. The lowest BCUT2D eigenvalue weighted by Gasteiger charge is -2.37. The average Bonchev–Trinajstić information content (AvgIpc) is 2.86. The van der Waals surface area contributed by atoms with Crippen molar-refractivity contribution in [1.29, 1.82) is 0 Å². The van der Waals surface area contributed by atoms with Crippen LogP contribution in [0.15, 0.2) is 36.5 Å². The number of aliphatic hydroxyl groups excluding tert-OH is 1. The molecule has 0 spiro atoms. The van der Waals surface area contributed by atoms with Crippen molar-refractivity contribution in [3.63, 3.8) is 0 Å². The Morgan fingerprint density at radius 3 is 2.77 bits per heavy atom. The molecule has 0 saturated heterocycles. The zero-order valence-corrected chi connectivity index (χ0v) is 20.3. The zero-order chi connectivity index (χ0) is 25.5. The number of aliphatic hydroxyl groups is 1. The molecule has 3 rings (SSSR count). The van der Waals surface area contributed by atoms with Gasteiger partial charge in [-0.25, -0.2) is 9.37 Å². The number of nitrogens with zero attached hydrogens (tertiary/aromatic N) is 3. The highest BCUT2D eigenvalue weighted by Crippen LogP contribution is 2.27. The molecular formula is C26H30FN3O5. The number of rotatable bonds is 6. The van der Waals surface area contributed by atoms with Crippen molar-refractivity contribution in [2.75, 3.05) is 40.5 Å². The van der Waals surface area contributed by atoms with E-state index in [9.17, 15) is 19.1 Å².